The lowest BCUT2D eigenvalue weighted by Gasteiger charge is -2.24. The van der Waals surface area contributed by atoms with E-state index in [2.05, 4.69) is 4.98 Å². The first-order valence-corrected chi connectivity index (χ1v) is 13.9. The van der Waals surface area contributed by atoms with Gasteiger partial charge in [-0.1, -0.05) is 26.0 Å². The van der Waals surface area contributed by atoms with E-state index >= 15 is 0 Å². The van der Waals surface area contributed by atoms with E-state index in [9.17, 15) is 26.4 Å². The molecule has 3 aromatic rings. The third-order valence-corrected chi connectivity index (χ3v) is 7.48. The van der Waals surface area contributed by atoms with Gasteiger partial charge in [-0.3, -0.25) is 4.79 Å². The fourth-order valence-electron chi connectivity index (χ4n) is 4.01. The van der Waals surface area contributed by atoms with Crippen LogP contribution in [0.2, 0.25) is 0 Å². The summed E-state index contributed by atoms with van der Waals surface area (Å²) in [7, 11) is -0.914. The fraction of sp³-hybridized carbons (Fsp3) is 0.407. The minimum atomic E-state index is -4.52. The van der Waals surface area contributed by atoms with Crippen molar-refractivity contribution in [1.29, 1.82) is 0 Å². The Labute approximate surface area is 226 Å². The number of methoxy groups -OCH3 is 2. The van der Waals surface area contributed by atoms with Crippen molar-refractivity contribution in [3.63, 3.8) is 0 Å². The molecule has 0 unspecified atom stereocenters. The lowest BCUT2D eigenvalue weighted by molar-refractivity contribution is -0.137. The second kappa shape index (κ2) is 12.6. The molecule has 2 aromatic carbocycles. The maximum absolute atomic E-state index is 13.4. The zero-order valence-electron chi connectivity index (χ0n) is 22.2. The molecule has 0 atom stereocenters. The molecule has 0 saturated heterocycles. The van der Waals surface area contributed by atoms with Crippen LogP contribution >= 0.6 is 0 Å². The predicted molar refractivity (Wildman–Crippen MR) is 139 cm³/mol. The summed E-state index contributed by atoms with van der Waals surface area (Å²) in [6, 6.07) is 10.7. The molecular formula is C27H32F3N3O5S. The van der Waals surface area contributed by atoms with E-state index in [4.69, 9.17) is 9.47 Å². The molecule has 12 heteroatoms. The number of ether oxygens (including phenoxy) is 2. The molecule has 39 heavy (non-hydrogen) atoms. The Kier molecular flexibility index (Phi) is 9.78. The van der Waals surface area contributed by atoms with Crippen molar-refractivity contribution >= 4 is 15.7 Å². The van der Waals surface area contributed by atoms with E-state index in [1.807, 2.05) is 13.8 Å². The summed E-state index contributed by atoms with van der Waals surface area (Å²) < 4.78 is 77.7. The van der Waals surface area contributed by atoms with Crippen LogP contribution in [0.25, 0.3) is 0 Å². The van der Waals surface area contributed by atoms with Crippen LogP contribution in [0.5, 0.6) is 5.75 Å². The molecule has 1 amide bonds. The van der Waals surface area contributed by atoms with Crippen LogP contribution in [-0.4, -0.2) is 56.1 Å². The lowest BCUT2D eigenvalue weighted by atomic mass is 10.1. The molecule has 0 fully saturated rings. The third-order valence-electron chi connectivity index (χ3n) is 5.88. The van der Waals surface area contributed by atoms with Gasteiger partial charge in [-0.15, -0.1) is 0 Å². The molecule has 3 rings (SSSR count). The van der Waals surface area contributed by atoms with E-state index in [1.54, 1.807) is 28.8 Å². The summed E-state index contributed by atoms with van der Waals surface area (Å²) in [4.78, 5) is 18.9. The molecule has 0 bridgehead atoms. The Morgan fingerprint density at radius 1 is 1.10 bits per heavy atom. The second-order valence-electron chi connectivity index (χ2n) is 9.44. The molecule has 0 radical (unpaired) electrons. The van der Waals surface area contributed by atoms with Gasteiger partial charge in [0.15, 0.2) is 0 Å². The van der Waals surface area contributed by atoms with Crippen LogP contribution in [0.3, 0.4) is 0 Å². The number of carbonyl (C=O) groups is 1. The number of hydrogen-bond acceptors (Lipinski definition) is 6. The zero-order chi connectivity index (χ0) is 28.8. The normalized spacial score (nSPS) is 12.1. The smallest absolute Gasteiger partial charge is 0.416 e. The van der Waals surface area contributed by atoms with Gasteiger partial charge in [0.25, 0.3) is 5.91 Å². The van der Waals surface area contributed by atoms with Gasteiger partial charge >= 0.3 is 6.18 Å². The average Bonchev–Trinajstić information content (AvgIpc) is 3.27. The number of halogens is 3. The summed E-state index contributed by atoms with van der Waals surface area (Å²) in [6.07, 6.45) is -3.10. The van der Waals surface area contributed by atoms with E-state index in [0.29, 0.717) is 23.6 Å². The van der Waals surface area contributed by atoms with Crippen molar-refractivity contribution < 1.29 is 35.9 Å². The summed E-state index contributed by atoms with van der Waals surface area (Å²) in [5.74, 6) is -0.221. The Morgan fingerprint density at radius 2 is 1.79 bits per heavy atom. The van der Waals surface area contributed by atoms with Gasteiger partial charge in [-0.2, -0.15) is 13.2 Å². The van der Waals surface area contributed by atoms with E-state index < -0.39 is 27.5 Å². The second-order valence-corrected chi connectivity index (χ2v) is 11.3. The van der Waals surface area contributed by atoms with Crippen LogP contribution in [0.4, 0.5) is 13.2 Å². The molecule has 1 aromatic heterocycles. The van der Waals surface area contributed by atoms with Crippen molar-refractivity contribution in [2.45, 2.75) is 44.0 Å². The van der Waals surface area contributed by atoms with Crippen molar-refractivity contribution in [2.75, 3.05) is 27.4 Å². The number of nitrogens with zero attached hydrogens (tertiary/aromatic N) is 3. The molecule has 0 saturated carbocycles. The largest absolute Gasteiger partial charge is 0.497 e. The lowest BCUT2D eigenvalue weighted by Crippen LogP contribution is -2.34. The van der Waals surface area contributed by atoms with Crippen LogP contribution in [0.15, 0.2) is 59.9 Å². The first kappa shape index (κ1) is 30.2. The number of carbonyl (C=O) groups excluding carboxylic acids is 1. The molecular weight excluding hydrogens is 535 g/mol. The Morgan fingerprint density at radius 3 is 2.38 bits per heavy atom. The minimum Gasteiger partial charge on any atom is -0.497 e. The molecule has 0 N–H and O–H groups in total. The number of benzene rings is 2. The number of hydrogen-bond donors (Lipinski definition) is 0. The first-order chi connectivity index (χ1) is 18.4. The highest BCUT2D eigenvalue weighted by Gasteiger charge is 2.31. The average molecular weight is 568 g/mol. The summed E-state index contributed by atoms with van der Waals surface area (Å²) in [6.45, 7) is 4.48. The quantitative estimate of drug-likeness (QED) is 0.312. The third kappa shape index (κ3) is 7.82. The monoisotopic (exact) mass is 567 g/mol. The zero-order valence-corrected chi connectivity index (χ0v) is 23.1. The van der Waals surface area contributed by atoms with Gasteiger partial charge in [0.2, 0.25) is 15.0 Å². The molecule has 212 valence electrons. The molecule has 1 heterocycles. The molecule has 0 aliphatic carbocycles. The highest BCUT2D eigenvalue weighted by atomic mass is 32.2. The van der Waals surface area contributed by atoms with Crippen molar-refractivity contribution in [2.24, 2.45) is 5.92 Å². The first-order valence-electron chi connectivity index (χ1n) is 12.2. The topological polar surface area (TPSA) is 90.7 Å². The highest BCUT2D eigenvalue weighted by molar-refractivity contribution is 7.90. The summed E-state index contributed by atoms with van der Waals surface area (Å²) in [5.41, 5.74) is 0.224. The molecule has 0 aliphatic heterocycles. The van der Waals surface area contributed by atoms with Gasteiger partial charge in [-0.25, -0.2) is 13.4 Å². The maximum atomic E-state index is 13.4. The van der Waals surface area contributed by atoms with Gasteiger partial charge < -0.3 is 18.9 Å². The molecule has 0 aliphatic rings. The maximum Gasteiger partial charge on any atom is 0.416 e. The van der Waals surface area contributed by atoms with Gasteiger partial charge in [0.1, 0.15) is 5.75 Å². The number of imidazole rings is 1. The Bertz CT molecular complexity index is 1370. The Balaban J connectivity index is 1.94. The fourth-order valence-corrected chi connectivity index (χ4v) is 5.50. The van der Waals surface area contributed by atoms with E-state index in [-0.39, 0.29) is 42.1 Å². The minimum absolute atomic E-state index is 0.0163. The van der Waals surface area contributed by atoms with Crippen molar-refractivity contribution in [3.05, 3.63) is 77.1 Å². The number of amides is 1. The van der Waals surface area contributed by atoms with Crippen LogP contribution < -0.4 is 4.74 Å². The summed E-state index contributed by atoms with van der Waals surface area (Å²) >= 11 is 0. The molecule has 8 nitrogen and oxygen atoms in total. The SMILES string of the molecule is COCCN(Cc1cnc(S(=O)(=O)Cc2cccc(OC)c2)n1CC(C)C)C(=O)c1ccc(C(F)(F)F)cc1. The van der Waals surface area contributed by atoms with Crippen LogP contribution in [0, 0.1) is 5.92 Å². The van der Waals surface area contributed by atoms with E-state index in [1.165, 1.54) is 25.3 Å². The number of alkyl halides is 3. The number of rotatable bonds is 12. The molecule has 0 spiro atoms. The van der Waals surface area contributed by atoms with Crippen molar-refractivity contribution in [1.82, 2.24) is 14.5 Å². The standard InChI is InChI=1S/C27H32F3N3O5S/c1-19(2)16-33-23(15-31-26(33)39(35,36)18-20-6-5-7-24(14-20)38-4)17-32(12-13-37-3)25(34)21-8-10-22(11-9-21)27(28,29)30/h5-11,14-15,19H,12-13,16-18H2,1-4H3. The van der Waals surface area contributed by atoms with E-state index in [0.717, 1.165) is 24.3 Å². The van der Waals surface area contributed by atoms with Crippen LogP contribution in [0.1, 0.15) is 41.0 Å². The summed E-state index contributed by atoms with van der Waals surface area (Å²) in [5, 5.41) is -0.123. The van der Waals surface area contributed by atoms with Crippen molar-refractivity contribution in [3.8, 4) is 5.75 Å². The van der Waals surface area contributed by atoms with Gasteiger partial charge in [0, 0.05) is 25.8 Å². The number of aromatic nitrogens is 2. The van der Waals surface area contributed by atoms with Gasteiger partial charge in [-0.05, 0) is 47.9 Å². The highest BCUT2D eigenvalue weighted by Crippen LogP contribution is 2.29. The Hall–Kier alpha value is -3.38. The van der Waals surface area contributed by atoms with Gasteiger partial charge in [0.05, 0.1) is 43.5 Å². The number of sulfone groups is 1. The predicted octanol–water partition coefficient (Wildman–Crippen LogP) is 4.83. The van der Waals surface area contributed by atoms with Crippen LogP contribution in [-0.2, 0) is 39.6 Å².